The second-order valence-corrected chi connectivity index (χ2v) is 5.33. The van der Waals surface area contributed by atoms with Gasteiger partial charge in [-0.05, 0) is 43.2 Å². The van der Waals surface area contributed by atoms with Gasteiger partial charge in [-0.2, -0.15) is 0 Å². The highest BCUT2D eigenvalue weighted by molar-refractivity contribution is 5.94. The zero-order valence-corrected chi connectivity index (χ0v) is 12.5. The monoisotopic (exact) mass is 286 g/mol. The van der Waals surface area contributed by atoms with Gasteiger partial charge in [0.2, 0.25) is 0 Å². The topological polar surface area (TPSA) is 46.3 Å². The lowest BCUT2D eigenvalue weighted by molar-refractivity contribution is 0.0785. The Bertz CT molecular complexity index is 682. The summed E-state index contributed by atoms with van der Waals surface area (Å²) in [5.74, 6) is -0.690. The Morgan fingerprint density at radius 2 is 1.90 bits per heavy atom. The van der Waals surface area contributed by atoms with E-state index in [1.165, 1.54) is 23.8 Å². The number of aryl methyl sites for hydroxylation is 2. The molecule has 0 aliphatic carbocycles. The lowest BCUT2D eigenvalue weighted by atomic mass is 10.1. The summed E-state index contributed by atoms with van der Waals surface area (Å²) >= 11 is 0. The van der Waals surface area contributed by atoms with Crippen LogP contribution in [-0.4, -0.2) is 17.9 Å². The Balaban J connectivity index is 2.17. The number of amides is 1. The first-order valence-corrected chi connectivity index (χ1v) is 6.75. The van der Waals surface area contributed by atoms with Crippen LogP contribution >= 0.6 is 0 Å². The van der Waals surface area contributed by atoms with Crippen LogP contribution in [0.15, 0.2) is 36.4 Å². The molecule has 4 heteroatoms. The zero-order chi connectivity index (χ0) is 15.6. The summed E-state index contributed by atoms with van der Waals surface area (Å²) < 4.78 is 13.2. The van der Waals surface area contributed by atoms with E-state index in [0.29, 0.717) is 12.1 Å². The van der Waals surface area contributed by atoms with E-state index in [0.717, 1.165) is 11.1 Å². The minimum absolute atomic E-state index is 0.0132. The fraction of sp³-hybridized carbons (Fsp3) is 0.235. The molecule has 0 saturated carbocycles. The summed E-state index contributed by atoms with van der Waals surface area (Å²) in [6, 6.07) is 10.2. The van der Waals surface area contributed by atoms with Crippen LogP contribution in [0.4, 0.5) is 10.1 Å². The highest BCUT2D eigenvalue weighted by Crippen LogP contribution is 2.16. The second kappa shape index (κ2) is 5.95. The van der Waals surface area contributed by atoms with Gasteiger partial charge in [0.15, 0.2) is 0 Å². The van der Waals surface area contributed by atoms with Crippen molar-refractivity contribution in [3.8, 4) is 0 Å². The van der Waals surface area contributed by atoms with E-state index in [1.807, 2.05) is 26.0 Å². The van der Waals surface area contributed by atoms with Gasteiger partial charge in [-0.25, -0.2) is 4.39 Å². The first kappa shape index (κ1) is 15.0. The van der Waals surface area contributed by atoms with Gasteiger partial charge in [-0.15, -0.1) is 0 Å². The van der Waals surface area contributed by atoms with Crippen molar-refractivity contribution in [3.05, 3.63) is 64.5 Å². The Labute approximate surface area is 124 Å². The standard InChI is InChI=1S/C17H19FN2O/c1-11-4-5-14(12(2)8-11)10-20(3)17(21)13-6-7-15(18)16(19)9-13/h4-9H,10,19H2,1-3H3. The SMILES string of the molecule is Cc1ccc(CN(C)C(=O)c2ccc(F)c(N)c2)c(C)c1. The van der Waals surface area contributed by atoms with Gasteiger partial charge < -0.3 is 10.6 Å². The molecule has 0 aliphatic heterocycles. The maximum atomic E-state index is 13.2. The molecule has 2 rings (SSSR count). The van der Waals surface area contributed by atoms with E-state index in [1.54, 1.807) is 11.9 Å². The van der Waals surface area contributed by atoms with Gasteiger partial charge in [0.05, 0.1) is 5.69 Å². The molecule has 0 spiro atoms. The average Bonchev–Trinajstić information content (AvgIpc) is 2.44. The molecule has 0 aromatic heterocycles. The molecule has 2 N–H and O–H groups in total. The molecular formula is C17H19FN2O. The largest absolute Gasteiger partial charge is 0.396 e. The number of carbonyl (C=O) groups is 1. The quantitative estimate of drug-likeness (QED) is 0.880. The van der Waals surface area contributed by atoms with Gasteiger partial charge in [-0.1, -0.05) is 23.8 Å². The predicted molar refractivity (Wildman–Crippen MR) is 82.5 cm³/mol. The van der Waals surface area contributed by atoms with Gasteiger partial charge in [0, 0.05) is 19.2 Å². The lowest BCUT2D eigenvalue weighted by Crippen LogP contribution is -2.26. The minimum atomic E-state index is -0.511. The summed E-state index contributed by atoms with van der Waals surface area (Å²) in [6.45, 7) is 4.56. The maximum Gasteiger partial charge on any atom is 0.253 e. The molecule has 21 heavy (non-hydrogen) atoms. The molecule has 0 radical (unpaired) electrons. The van der Waals surface area contributed by atoms with Crippen molar-refractivity contribution in [3.63, 3.8) is 0 Å². The van der Waals surface area contributed by atoms with Crippen molar-refractivity contribution in [1.82, 2.24) is 4.90 Å². The molecule has 0 saturated heterocycles. The number of rotatable bonds is 3. The van der Waals surface area contributed by atoms with E-state index in [9.17, 15) is 9.18 Å². The van der Waals surface area contributed by atoms with Crippen molar-refractivity contribution in [2.75, 3.05) is 12.8 Å². The molecule has 1 amide bonds. The van der Waals surface area contributed by atoms with Crippen LogP contribution < -0.4 is 5.73 Å². The normalized spacial score (nSPS) is 10.5. The van der Waals surface area contributed by atoms with Crippen LogP contribution in [0.25, 0.3) is 0 Å². The van der Waals surface area contributed by atoms with Crippen molar-refractivity contribution >= 4 is 11.6 Å². The number of anilines is 1. The molecule has 2 aromatic rings. The summed E-state index contributed by atoms with van der Waals surface area (Å²) in [5.41, 5.74) is 9.31. The van der Waals surface area contributed by atoms with Crippen molar-refractivity contribution < 1.29 is 9.18 Å². The number of hydrogen-bond donors (Lipinski definition) is 1. The summed E-state index contributed by atoms with van der Waals surface area (Å²) in [7, 11) is 1.72. The molecule has 2 aromatic carbocycles. The van der Waals surface area contributed by atoms with Crippen molar-refractivity contribution in [2.45, 2.75) is 20.4 Å². The Hall–Kier alpha value is -2.36. The lowest BCUT2D eigenvalue weighted by Gasteiger charge is -2.19. The molecular weight excluding hydrogens is 267 g/mol. The smallest absolute Gasteiger partial charge is 0.253 e. The van der Waals surface area contributed by atoms with Gasteiger partial charge in [0.25, 0.3) is 5.91 Å². The number of hydrogen-bond acceptors (Lipinski definition) is 2. The van der Waals surface area contributed by atoms with Crippen molar-refractivity contribution in [1.29, 1.82) is 0 Å². The first-order chi connectivity index (χ1) is 9.88. The van der Waals surface area contributed by atoms with E-state index in [-0.39, 0.29) is 11.6 Å². The molecule has 0 atom stereocenters. The molecule has 0 heterocycles. The highest BCUT2D eigenvalue weighted by Gasteiger charge is 2.14. The van der Waals surface area contributed by atoms with Gasteiger partial charge in [-0.3, -0.25) is 4.79 Å². The van der Waals surface area contributed by atoms with Crippen LogP contribution in [0.2, 0.25) is 0 Å². The molecule has 110 valence electrons. The third-order valence-electron chi connectivity index (χ3n) is 3.50. The third kappa shape index (κ3) is 3.40. The van der Waals surface area contributed by atoms with E-state index in [4.69, 9.17) is 5.73 Å². The van der Waals surface area contributed by atoms with Gasteiger partial charge >= 0.3 is 0 Å². The predicted octanol–water partition coefficient (Wildman–Crippen LogP) is 3.30. The number of halogens is 1. The number of nitrogen functional groups attached to an aromatic ring is 1. The second-order valence-electron chi connectivity index (χ2n) is 5.33. The molecule has 0 fully saturated rings. The molecule has 3 nitrogen and oxygen atoms in total. The Kier molecular flexibility index (Phi) is 4.26. The number of nitrogens with two attached hydrogens (primary N) is 1. The molecule has 0 bridgehead atoms. The number of nitrogens with zero attached hydrogens (tertiary/aromatic N) is 1. The van der Waals surface area contributed by atoms with Gasteiger partial charge in [0.1, 0.15) is 5.82 Å². The Morgan fingerprint density at radius 1 is 1.19 bits per heavy atom. The van der Waals surface area contributed by atoms with E-state index < -0.39 is 5.82 Å². The average molecular weight is 286 g/mol. The summed E-state index contributed by atoms with van der Waals surface area (Å²) in [4.78, 5) is 13.9. The molecule has 0 aliphatic rings. The van der Waals surface area contributed by atoms with Crippen LogP contribution in [-0.2, 0) is 6.54 Å². The van der Waals surface area contributed by atoms with Crippen LogP contribution in [0.1, 0.15) is 27.0 Å². The summed E-state index contributed by atoms with van der Waals surface area (Å²) in [6.07, 6.45) is 0. The van der Waals surface area contributed by atoms with Crippen LogP contribution in [0.5, 0.6) is 0 Å². The minimum Gasteiger partial charge on any atom is -0.396 e. The van der Waals surface area contributed by atoms with Crippen molar-refractivity contribution in [2.24, 2.45) is 0 Å². The molecule has 0 unspecified atom stereocenters. The maximum absolute atomic E-state index is 13.2. The van der Waals surface area contributed by atoms with Crippen LogP contribution in [0, 0.1) is 19.7 Å². The Morgan fingerprint density at radius 3 is 2.52 bits per heavy atom. The fourth-order valence-corrected chi connectivity index (χ4v) is 2.25. The van der Waals surface area contributed by atoms with E-state index >= 15 is 0 Å². The first-order valence-electron chi connectivity index (χ1n) is 6.75. The number of benzene rings is 2. The van der Waals surface area contributed by atoms with E-state index in [2.05, 4.69) is 6.07 Å². The fourth-order valence-electron chi connectivity index (χ4n) is 2.25. The summed E-state index contributed by atoms with van der Waals surface area (Å²) in [5, 5.41) is 0. The van der Waals surface area contributed by atoms with Crippen LogP contribution in [0.3, 0.4) is 0 Å². The highest BCUT2D eigenvalue weighted by atomic mass is 19.1. The zero-order valence-electron chi connectivity index (χ0n) is 12.5. The third-order valence-corrected chi connectivity index (χ3v) is 3.50. The number of carbonyl (C=O) groups excluding carboxylic acids is 1.